The molecule has 0 radical (unpaired) electrons. The number of nitrogens with zero attached hydrogens (tertiary/aromatic N) is 2. The van der Waals surface area contributed by atoms with E-state index < -0.39 is 15.8 Å². The molecule has 4 atom stereocenters. The quantitative estimate of drug-likeness (QED) is 0.441. The lowest BCUT2D eigenvalue weighted by molar-refractivity contribution is -0.0218. The first kappa shape index (κ1) is 28.4. The Morgan fingerprint density at radius 2 is 1.92 bits per heavy atom. The molecule has 2 heterocycles. The Hall–Kier alpha value is -2.13. The molecule has 1 aliphatic carbocycles. The molecule has 7 nitrogen and oxygen atoms in total. The Labute approximate surface area is 237 Å². The molecule has 0 saturated heterocycles. The van der Waals surface area contributed by atoms with Crippen LogP contribution in [0.4, 0.5) is 5.69 Å². The number of carbonyl (C=O) groups is 1. The Balaban J connectivity index is 1.60. The minimum atomic E-state index is -3.11. The number of carbonyl (C=O) groups excluding carboxylic acids is 1. The Morgan fingerprint density at radius 1 is 1.05 bits per heavy atom. The van der Waals surface area contributed by atoms with Crippen LogP contribution in [0.15, 0.2) is 40.8 Å². The van der Waals surface area contributed by atoms with E-state index in [-0.39, 0.29) is 11.9 Å². The average Bonchev–Trinajstić information content (AvgIpc) is 2.92. The number of amides is 1. The van der Waals surface area contributed by atoms with Crippen LogP contribution in [0, 0.1) is 11.8 Å². The largest absolute Gasteiger partial charge is 0.491 e. The van der Waals surface area contributed by atoms with Gasteiger partial charge in [-0.05, 0) is 98.2 Å². The van der Waals surface area contributed by atoms with E-state index >= 15 is 0 Å². The van der Waals surface area contributed by atoms with Crippen LogP contribution in [0.5, 0.6) is 5.75 Å². The highest BCUT2D eigenvalue weighted by atomic mass is 35.5. The zero-order valence-electron chi connectivity index (χ0n) is 22.8. The van der Waals surface area contributed by atoms with Crippen LogP contribution in [0.25, 0.3) is 0 Å². The summed E-state index contributed by atoms with van der Waals surface area (Å²) in [5, 5.41) is 6.76. The van der Waals surface area contributed by atoms with Crippen molar-refractivity contribution in [3.8, 4) is 5.75 Å². The third kappa shape index (κ3) is 6.96. The highest BCUT2D eigenvalue weighted by Gasteiger charge is 2.38. The van der Waals surface area contributed by atoms with Gasteiger partial charge in [0.05, 0.1) is 18.4 Å². The number of methoxy groups -OCH3 is 1. The molecule has 1 saturated carbocycles. The Bertz CT molecular complexity index is 1310. The van der Waals surface area contributed by atoms with Crippen molar-refractivity contribution < 1.29 is 18.5 Å². The van der Waals surface area contributed by atoms with Crippen molar-refractivity contribution in [3.05, 3.63) is 58.1 Å². The molecule has 2 aliphatic heterocycles. The summed E-state index contributed by atoms with van der Waals surface area (Å²) in [5.74, 6) is 1.37. The topological polar surface area (TPSA) is 94.2 Å². The third-order valence-electron chi connectivity index (χ3n) is 8.55. The maximum absolute atomic E-state index is 13.2. The predicted molar refractivity (Wildman–Crippen MR) is 157 cm³/mol. The molecule has 2 bridgehead atoms. The van der Waals surface area contributed by atoms with Crippen LogP contribution in [0.1, 0.15) is 72.9 Å². The highest BCUT2D eigenvalue weighted by molar-refractivity contribution is 7.91. The van der Waals surface area contributed by atoms with E-state index in [2.05, 4.69) is 21.4 Å². The van der Waals surface area contributed by atoms with Crippen molar-refractivity contribution in [2.75, 3.05) is 30.9 Å². The summed E-state index contributed by atoms with van der Waals surface area (Å²) < 4.78 is 29.2. The van der Waals surface area contributed by atoms with Crippen LogP contribution in [-0.2, 0) is 27.6 Å². The number of fused-ring (bicyclic) bond motifs is 3. The van der Waals surface area contributed by atoms with Crippen molar-refractivity contribution >= 4 is 33.1 Å². The van der Waals surface area contributed by atoms with Crippen LogP contribution >= 0.6 is 11.6 Å². The minimum absolute atomic E-state index is 0.197. The van der Waals surface area contributed by atoms with Gasteiger partial charge in [0.25, 0.3) is 5.91 Å². The second-order valence-electron chi connectivity index (χ2n) is 11.2. The standard InChI is InChI=1S/C30H40ClN3O4S/c1-37-28-8-3-2-6-16-39(32,36)33-30(35)22-11-14-29-27(18-22)34(20-24-10-13-26(24)28)19-23-9-12-25(31)17-21(23)7-4-5-15-38-29/h9,11-12,14,17-18,24,26,28H,2-8,10,13,15-16,19-20H2,1H3,(H2,32,33,35,36)/t24-,26+,28-,39?/m0/s1. The number of aryl methyl sites for hydroxylation is 1. The van der Waals surface area contributed by atoms with E-state index in [1.807, 2.05) is 25.3 Å². The zero-order valence-corrected chi connectivity index (χ0v) is 24.4. The average molecular weight is 574 g/mol. The fraction of sp³-hybridized carbons (Fsp3) is 0.567. The second-order valence-corrected chi connectivity index (χ2v) is 13.6. The van der Waals surface area contributed by atoms with Gasteiger partial charge in [0.1, 0.15) is 15.7 Å². The normalized spacial score (nSPS) is 28.5. The van der Waals surface area contributed by atoms with Crippen LogP contribution in [0.3, 0.4) is 0 Å². The van der Waals surface area contributed by atoms with Gasteiger partial charge in [-0.25, -0.2) is 9.35 Å². The summed E-state index contributed by atoms with van der Waals surface area (Å²) in [6.45, 7) is 2.08. The molecule has 5 rings (SSSR count). The van der Waals surface area contributed by atoms with Crippen molar-refractivity contribution in [3.63, 3.8) is 0 Å². The van der Waals surface area contributed by atoms with Gasteiger partial charge < -0.3 is 14.4 Å². The van der Waals surface area contributed by atoms with Gasteiger partial charge in [0.2, 0.25) is 0 Å². The molecule has 0 spiro atoms. The fourth-order valence-electron chi connectivity index (χ4n) is 6.23. The van der Waals surface area contributed by atoms with Gasteiger partial charge in [-0.3, -0.25) is 4.79 Å². The van der Waals surface area contributed by atoms with E-state index in [1.54, 1.807) is 6.07 Å². The van der Waals surface area contributed by atoms with E-state index in [1.165, 1.54) is 11.1 Å². The number of ether oxygens (including phenoxy) is 2. The van der Waals surface area contributed by atoms with Crippen molar-refractivity contribution in [2.24, 2.45) is 21.3 Å². The van der Waals surface area contributed by atoms with Gasteiger partial charge in [-0.1, -0.05) is 30.5 Å². The molecule has 1 fully saturated rings. The van der Waals surface area contributed by atoms with Gasteiger partial charge in [-0.2, -0.15) is 0 Å². The monoisotopic (exact) mass is 573 g/mol. The molecule has 3 aliphatic rings. The number of rotatable bonds is 1. The SMILES string of the molecule is CO[C@H]1CCCCCS(N)(=O)=NC(=O)c2ccc3c(c2)N(Cc2ccc(Cl)cc2CCCCO3)C[C@@H]2CC[C@H]21. The first-order valence-electron chi connectivity index (χ1n) is 14.2. The number of hydrogen-bond donors (Lipinski definition) is 1. The van der Waals surface area contributed by atoms with Crippen LogP contribution in [-0.4, -0.2) is 42.2 Å². The molecular formula is C30H40ClN3O4S. The molecule has 2 aromatic rings. The molecule has 212 valence electrons. The molecule has 2 aromatic carbocycles. The lowest BCUT2D eigenvalue weighted by Crippen LogP contribution is -2.44. The van der Waals surface area contributed by atoms with Gasteiger partial charge >= 0.3 is 0 Å². The maximum atomic E-state index is 13.2. The maximum Gasteiger partial charge on any atom is 0.286 e. The third-order valence-corrected chi connectivity index (χ3v) is 10.1. The number of halogens is 1. The summed E-state index contributed by atoms with van der Waals surface area (Å²) in [6, 6.07) is 11.6. The van der Waals surface area contributed by atoms with E-state index in [0.717, 1.165) is 74.4 Å². The predicted octanol–water partition coefficient (Wildman–Crippen LogP) is 6.16. The number of nitrogens with two attached hydrogens (primary N) is 1. The fourth-order valence-corrected chi connectivity index (χ4v) is 7.51. The minimum Gasteiger partial charge on any atom is -0.491 e. The van der Waals surface area contributed by atoms with E-state index in [4.69, 9.17) is 26.2 Å². The molecule has 39 heavy (non-hydrogen) atoms. The number of anilines is 1. The van der Waals surface area contributed by atoms with Crippen LogP contribution < -0.4 is 14.8 Å². The van der Waals surface area contributed by atoms with Crippen molar-refractivity contribution in [1.29, 1.82) is 0 Å². The molecular weight excluding hydrogens is 534 g/mol. The first-order valence-corrected chi connectivity index (χ1v) is 16.3. The number of hydrogen-bond acceptors (Lipinski definition) is 5. The molecule has 9 heteroatoms. The zero-order chi connectivity index (χ0) is 27.4. The Morgan fingerprint density at radius 3 is 2.72 bits per heavy atom. The Kier molecular flexibility index (Phi) is 9.16. The van der Waals surface area contributed by atoms with Gasteiger partial charge in [0, 0.05) is 36.5 Å². The van der Waals surface area contributed by atoms with E-state index in [9.17, 15) is 9.00 Å². The summed E-state index contributed by atoms with van der Waals surface area (Å²) in [5.41, 5.74) is 3.71. The first-order chi connectivity index (χ1) is 18.8. The molecule has 2 N–H and O–H groups in total. The summed E-state index contributed by atoms with van der Waals surface area (Å²) >= 11 is 6.40. The summed E-state index contributed by atoms with van der Waals surface area (Å²) in [6.07, 6.45) is 8.85. The molecule has 1 unspecified atom stereocenters. The summed E-state index contributed by atoms with van der Waals surface area (Å²) in [7, 11) is -1.29. The number of benzene rings is 2. The molecule has 1 amide bonds. The van der Waals surface area contributed by atoms with Crippen LogP contribution in [0.2, 0.25) is 5.02 Å². The lowest BCUT2D eigenvalue weighted by Gasteiger charge is -2.44. The smallest absolute Gasteiger partial charge is 0.286 e. The van der Waals surface area contributed by atoms with Gasteiger partial charge in [-0.15, -0.1) is 4.36 Å². The van der Waals surface area contributed by atoms with Crippen molar-refractivity contribution in [2.45, 2.75) is 70.4 Å². The van der Waals surface area contributed by atoms with E-state index in [0.29, 0.717) is 37.0 Å². The highest BCUT2D eigenvalue weighted by Crippen LogP contribution is 2.42. The summed E-state index contributed by atoms with van der Waals surface area (Å²) in [4.78, 5) is 15.5. The van der Waals surface area contributed by atoms with Gasteiger partial charge in [0.15, 0.2) is 0 Å². The second kappa shape index (κ2) is 12.6. The van der Waals surface area contributed by atoms with Crippen molar-refractivity contribution in [1.82, 2.24) is 0 Å². The lowest BCUT2D eigenvalue weighted by atomic mass is 9.69. The molecule has 0 aromatic heterocycles.